The maximum absolute atomic E-state index is 13.6. The maximum Gasteiger partial charge on any atom is 0.321 e. The summed E-state index contributed by atoms with van der Waals surface area (Å²) >= 11 is 6.35. The zero-order chi connectivity index (χ0) is 25.2. The number of rotatable bonds is 7. The van der Waals surface area contributed by atoms with Crippen LogP contribution in [0.4, 0.5) is 4.79 Å². The van der Waals surface area contributed by atoms with E-state index in [0.29, 0.717) is 39.6 Å². The highest BCUT2D eigenvalue weighted by Crippen LogP contribution is 2.30. The van der Waals surface area contributed by atoms with E-state index in [2.05, 4.69) is 15.6 Å². The molecule has 1 aromatic carbocycles. The number of amides is 3. The number of hydrogen-bond acceptors (Lipinski definition) is 6. The number of nitrogens with zero attached hydrogens (tertiary/aromatic N) is 2. The number of carbonyl (C=O) groups is 2. The number of halogens is 1. The van der Waals surface area contributed by atoms with Crippen LogP contribution in [0.5, 0.6) is 5.75 Å². The lowest BCUT2D eigenvalue weighted by molar-refractivity contribution is -0.122. The molecule has 3 N–H and O–H groups in total. The molecule has 3 amide bonds. The van der Waals surface area contributed by atoms with Crippen LogP contribution in [0.15, 0.2) is 59.8 Å². The van der Waals surface area contributed by atoms with E-state index in [-0.39, 0.29) is 18.7 Å². The van der Waals surface area contributed by atoms with Crippen LogP contribution in [0.1, 0.15) is 31.7 Å². The molecule has 3 heterocycles. The van der Waals surface area contributed by atoms with E-state index < -0.39 is 23.5 Å². The average molecular weight is 497 g/mol. The smallest absolute Gasteiger partial charge is 0.321 e. The van der Waals surface area contributed by atoms with Gasteiger partial charge in [0.15, 0.2) is 0 Å². The Morgan fingerprint density at radius 2 is 2.03 bits per heavy atom. The van der Waals surface area contributed by atoms with Gasteiger partial charge in [-0.25, -0.2) is 4.79 Å². The third-order valence-electron chi connectivity index (χ3n) is 5.55. The van der Waals surface area contributed by atoms with E-state index in [0.717, 1.165) is 0 Å². The predicted octanol–water partition coefficient (Wildman–Crippen LogP) is 3.02. The minimum absolute atomic E-state index is 0.0935. The molecule has 4 rings (SSSR count). The van der Waals surface area contributed by atoms with Crippen molar-refractivity contribution >= 4 is 23.5 Å². The summed E-state index contributed by atoms with van der Waals surface area (Å²) in [5.74, 6) is -0.716. The molecule has 1 fully saturated rings. The molecule has 1 atom stereocenters. The molecule has 2 aromatic heterocycles. The SMILES string of the molecule is CC(C)(O)CCOc1cc(Cl)cc(-c2cc(C3CNC(=O)NC3=O)cn(-c3cccnc3)c2=O)c1. The number of carbonyl (C=O) groups excluding carboxylic acids is 2. The van der Waals surface area contributed by atoms with Gasteiger partial charge in [0.1, 0.15) is 5.75 Å². The molecule has 1 aliphatic heterocycles. The van der Waals surface area contributed by atoms with E-state index in [1.54, 1.807) is 68.8 Å². The minimum atomic E-state index is -0.886. The van der Waals surface area contributed by atoms with Crippen molar-refractivity contribution < 1.29 is 19.4 Å². The van der Waals surface area contributed by atoms with Crippen LogP contribution in [0.25, 0.3) is 16.8 Å². The molecule has 0 spiro atoms. The average Bonchev–Trinajstić information content (AvgIpc) is 2.79. The molecule has 182 valence electrons. The Kier molecular flexibility index (Phi) is 6.90. The molecular weight excluding hydrogens is 472 g/mol. The van der Waals surface area contributed by atoms with Crippen molar-refractivity contribution in [1.29, 1.82) is 0 Å². The number of hydrogen-bond donors (Lipinski definition) is 3. The van der Waals surface area contributed by atoms with Crippen LogP contribution in [0.2, 0.25) is 5.02 Å². The predicted molar refractivity (Wildman–Crippen MR) is 131 cm³/mol. The van der Waals surface area contributed by atoms with Gasteiger partial charge >= 0.3 is 6.03 Å². The van der Waals surface area contributed by atoms with Crippen molar-refractivity contribution in [2.24, 2.45) is 0 Å². The molecule has 0 aliphatic carbocycles. The van der Waals surface area contributed by atoms with Crippen LogP contribution in [0, 0.1) is 0 Å². The first-order valence-corrected chi connectivity index (χ1v) is 11.4. The summed E-state index contributed by atoms with van der Waals surface area (Å²) in [5.41, 5.74) is 0.622. The number of benzene rings is 1. The summed E-state index contributed by atoms with van der Waals surface area (Å²) in [5, 5.41) is 15.2. The summed E-state index contributed by atoms with van der Waals surface area (Å²) in [7, 11) is 0. The maximum atomic E-state index is 13.6. The van der Waals surface area contributed by atoms with Gasteiger partial charge in [-0.1, -0.05) is 11.6 Å². The lowest BCUT2D eigenvalue weighted by Crippen LogP contribution is -2.51. The second-order valence-electron chi connectivity index (χ2n) is 8.91. The number of nitrogens with one attached hydrogen (secondary N) is 2. The highest BCUT2D eigenvalue weighted by Gasteiger charge is 2.29. The Morgan fingerprint density at radius 1 is 1.23 bits per heavy atom. The molecule has 3 aromatic rings. The standard InChI is InChI=1S/C25H25ClN4O5/c1-25(2,34)5-7-35-19-9-15(8-17(26)11-19)20-10-16(21-13-28-24(33)29-22(21)31)14-30(23(20)32)18-4-3-6-27-12-18/h3-4,6,8-12,14,21,34H,5,7,13H2,1-2H3,(H2,28,29,31,33). The molecule has 35 heavy (non-hydrogen) atoms. The zero-order valence-corrected chi connectivity index (χ0v) is 20.0. The van der Waals surface area contributed by atoms with Gasteiger partial charge in [0.05, 0.1) is 30.0 Å². The first-order chi connectivity index (χ1) is 16.6. The largest absolute Gasteiger partial charge is 0.493 e. The summed E-state index contributed by atoms with van der Waals surface area (Å²) in [4.78, 5) is 41.8. The van der Waals surface area contributed by atoms with E-state index >= 15 is 0 Å². The van der Waals surface area contributed by atoms with Gasteiger partial charge in [-0.2, -0.15) is 0 Å². The lowest BCUT2D eigenvalue weighted by atomic mass is 9.95. The minimum Gasteiger partial charge on any atom is -0.493 e. The van der Waals surface area contributed by atoms with Crippen molar-refractivity contribution in [2.75, 3.05) is 13.2 Å². The molecular formula is C25H25ClN4O5. The van der Waals surface area contributed by atoms with Gasteiger partial charge in [-0.05, 0) is 61.4 Å². The molecule has 0 saturated carbocycles. The molecule has 0 bridgehead atoms. The van der Waals surface area contributed by atoms with Crippen LogP contribution in [-0.2, 0) is 4.79 Å². The van der Waals surface area contributed by atoms with Crippen molar-refractivity contribution in [3.8, 4) is 22.6 Å². The van der Waals surface area contributed by atoms with Crippen molar-refractivity contribution in [3.63, 3.8) is 0 Å². The third kappa shape index (κ3) is 5.87. The zero-order valence-electron chi connectivity index (χ0n) is 19.2. The fraction of sp³-hybridized carbons (Fsp3) is 0.280. The number of imide groups is 1. The van der Waals surface area contributed by atoms with Crippen LogP contribution < -0.4 is 20.9 Å². The summed E-state index contributed by atoms with van der Waals surface area (Å²) < 4.78 is 7.19. The van der Waals surface area contributed by atoms with E-state index in [9.17, 15) is 19.5 Å². The normalized spacial score (nSPS) is 15.9. The number of aliphatic hydroxyl groups is 1. The first kappa shape index (κ1) is 24.4. The van der Waals surface area contributed by atoms with Gasteiger partial charge in [0.25, 0.3) is 5.56 Å². The van der Waals surface area contributed by atoms with Gasteiger partial charge < -0.3 is 15.2 Å². The number of ether oxygens (including phenoxy) is 1. The monoisotopic (exact) mass is 496 g/mol. The number of urea groups is 1. The molecule has 10 heteroatoms. The topological polar surface area (TPSA) is 123 Å². The van der Waals surface area contributed by atoms with E-state index in [4.69, 9.17) is 16.3 Å². The highest BCUT2D eigenvalue weighted by molar-refractivity contribution is 6.31. The van der Waals surface area contributed by atoms with Gasteiger partial charge in [-0.3, -0.25) is 24.5 Å². The fourth-order valence-electron chi connectivity index (χ4n) is 3.71. The third-order valence-corrected chi connectivity index (χ3v) is 5.77. The first-order valence-electron chi connectivity index (χ1n) is 11.0. The van der Waals surface area contributed by atoms with Gasteiger partial charge in [0, 0.05) is 35.9 Å². The number of aromatic nitrogens is 2. The quantitative estimate of drug-likeness (QED) is 0.462. The van der Waals surface area contributed by atoms with Crippen molar-refractivity contribution in [3.05, 3.63) is 75.9 Å². The Labute approximate surface area is 206 Å². The lowest BCUT2D eigenvalue weighted by Gasteiger charge is -2.23. The van der Waals surface area contributed by atoms with Crippen molar-refractivity contribution in [1.82, 2.24) is 20.2 Å². The molecule has 0 radical (unpaired) electrons. The Bertz CT molecular complexity index is 1320. The highest BCUT2D eigenvalue weighted by atomic mass is 35.5. The fourth-order valence-corrected chi connectivity index (χ4v) is 3.93. The molecule has 1 unspecified atom stereocenters. The summed E-state index contributed by atoms with van der Waals surface area (Å²) in [6.45, 7) is 3.73. The van der Waals surface area contributed by atoms with Crippen LogP contribution in [-0.4, -0.2) is 45.3 Å². The molecule has 1 saturated heterocycles. The van der Waals surface area contributed by atoms with E-state index in [1.807, 2.05) is 0 Å². The Hall–Kier alpha value is -3.69. The van der Waals surface area contributed by atoms with Gasteiger partial charge in [0.2, 0.25) is 5.91 Å². The summed E-state index contributed by atoms with van der Waals surface area (Å²) in [6.07, 6.45) is 5.12. The summed E-state index contributed by atoms with van der Waals surface area (Å²) in [6, 6.07) is 9.46. The van der Waals surface area contributed by atoms with E-state index in [1.165, 1.54) is 4.57 Å². The number of pyridine rings is 2. The van der Waals surface area contributed by atoms with Gasteiger partial charge in [-0.15, -0.1) is 0 Å². The molecule has 9 nitrogen and oxygen atoms in total. The molecule has 1 aliphatic rings. The Balaban J connectivity index is 1.80. The second kappa shape index (κ2) is 9.89. The Morgan fingerprint density at radius 3 is 2.71 bits per heavy atom. The van der Waals surface area contributed by atoms with Crippen molar-refractivity contribution in [2.45, 2.75) is 31.8 Å². The van der Waals surface area contributed by atoms with Crippen LogP contribution in [0.3, 0.4) is 0 Å². The van der Waals surface area contributed by atoms with Crippen LogP contribution >= 0.6 is 11.6 Å². The second-order valence-corrected chi connectivity index (χ2v) is 9.35.